The van der Waals surface area contributed by atoms with Crippen molar-refractivity contribution in [1.82, 2.24) is 5.32 Å². The van der Waals surface area contributed by atoms with Gasteiger partial charge in [0.1, 0.15) is 12.7 Å². The predicted molar refractivity (Wildman–Crippen MR) is 215 cm³/mol. The highest BCUT2D eigenvalue weighted by Crippen LogP contribution is 2.42. The molecule has 52 heavy (non-hydrogen) atoms. The summed E-state index contributed by atoms with van der Waals surface area (Å²) in [5.74, 6) is -0.551. The number of phosphoric ester groups is 1. The standard InChI is InChI=1S/C42H74NO8P/c1-3-5-7-9-11-13-15-16-17-18-19-20-21-22-23-24-25-27-29-31-33-35-42(46)49-38-40(44)39-51-52(47,48)50-37-36-43-41(45)34-32-30-28-26-14-12-10-8-6-4-2/h8,10-11,13,16-17,19-20,22-23,40,44H,3-7,9,12,14-15,18,21,24-39H2,1-2H3,(H,43,45)(H,47,48)/b10-8-,13-11-,17-16-,20-19-,23-22-. The van der Waals surface area contributed by atoms with Crippen molar-refractivity contribution < 1.29 is 37.9 Å². The molecule has 0 aliphatic heterocycles. The molecule has 0 saturated heterocycles. The van der Waals surface area contributed by atoms with Gasteiger partial charge in [0.05, 0.1) is 13.2 Å². The third kappa shape index (κ3) is 38.9. The molecular weight excluding hydrogens is 677 g/mol. The second-order valence-corrected chi connectivity index (χ2v) is 14.7. The van der Waals surface area contributed by atoms with Gasteiger partial charge in [-0.2, -0.15) is 0 Å². The fraction of sp³-hybridized carbons (Fsp3) is 0.714. The maximum Gasteiger partial charge on any atom is 0.472 e. The number of phosphoric acid groups is 1. The number of esters is 1. The van der Waals surface area contributed by atoms with Gasteiger partial charge in [-0.25, -0.2) is 4.57 Å². The first-order valence-corrected chi connectivity index (χ1v) is 21.8. The summed E-state index contributed by atoms with van der Waals surface area (Å²) < 4.78 is 26.8. The Bertz CT molecular complexity index is 1040. The van der Waals surface area contributed by atoms with Gasteiger partial charge in [-0.05, 0) is 77.0 Å². The zero-order chi connectivity index (χ0) is 38.2. The lowest BCUT2D eigenvalue weighted by molar-refractivity contribution is -0.147. The molecule has 0 heterocycles. The lowest BCUT2D eigenvalue weighted by Crippen LogP contribution is -2.27. The van der Waals surface area contributed by atoms with Crippen LogP contribution in [0, 0.1) is 0 Å². The number of nitrogens with one attached hydrogen (secondary N) is 1. The Morgan fingerprint density at radius 3 is 1.65 bits per heavy atom. The Labute approximate surface area is 317 Å². The molecular formula is C42H74NO8P. The summed E-state index contributed by atoms with van der Waals surface area (Å²) in [7, 11) is -4.42. The largest absolute Gasteiger partial charge is 0.472 e. The molecule has 10 heteroatoms. The molecule has 0 saturated carbocycles. The van der Waals surface area contributed by atoms with Crippen LogP contribution in [-0.4, -0.2) is 54.3 Å². The van der Waals surface area contributed by atoms with Crippen molar-refractivity contribution in [2.45, 2.75) is 168 Å². The number of ether oxygens (including phenoxy) is 1. The smallest absolute Gasteiger partial charge is 0.463 e. The average molecular weight is 752 g/mol. The Balaban J connectivity index is 3.67. The number of hydrogen-bond acceptors (Lipinski definition) is 7. The third-order valence-corrected chi connectivity index (χ3v) is 9.14. The summed E-state index contributed by atoms with van der Waals surface area (Å²) >= 11 is 0. The van der Waals surface area contributed by atoms with Gasteiger partial charge in [0.2, 0.25) is 5.91 Å². The van der Waals surface area contributed by atoms with Gasteiger partial charge in [0.15, 0.2) is 0 Å². The van der Waals surface area contributed by atoms with Crippen molar-refractivity contribution in [2.24, 2.45) is 0 Å². The van der Waals surface area contributed by atoms with Gasteiger partial charge in [-0.3, -0.25) is 18.6 Å². The molecule has 0 spiro atoms. The SMILES string of the molecule is CCC/C=C\CCCCCCCC(=O)NCCOP(=O)(O)OCC(O)COC(=O)CCCCCCC/C=C\C/C=C\C/C=C\C/C=C\CCCCC. The van der Waals surface area contributed by atoms with E-state index in [-0.39, 0.29) is 32.1 Å². The molecule has 3 N–H and O–H groups in total. The van der Waals surface area contributed by atoms with Crippen LogP contribution in [0.5, 0.6) is 0 Å². The summed E-state index contributed by atoms with van der Waals surface area (Å²) in [4.78, 5) is 33.8. The van der Waals surface area contributed by atoms with Crippen molar-refractivity contribution in [3.8, 4) is 0 Å². The molecule has 9 nitrogen and oxygen atoms in total. The molecule has 0 rings (SSSR count). The van der Waals surface area contributed by atoms with E-state index >= 15 is 0 Å². The van der Waals surface area contributed by atoms with Crippen molar-refractivity contribution in [3.63, 3.8) is 0 Å². The number of unbranched alkanes of at least 4 members (excludes halogenated alkanes) is 14. The zero-order valence-electron chi connectivity index (χ0n) is 32.7. The quantitative estimate of drug-likeness (QED) is 0.0247. The predicted octanol–water partition coefficient (Wildman–Crippen LogP) is 10.9. The van der Waals surface area contributed by atoms with Crippen LogP contribution in [0.15, 0.2) is 60.8 Å². The van der Waals surface area contributed by atoms with E-state index in [1.54, 1.807) is 0 Å². The van der Waals surface area contributed by atoms with Crippen LogP contribution in [0.3, 0.4) is 0 Å². The van der Waals surface area contributed by atoms with Gasteiger partial charge in [-0.15, -0.1) is 0 Å². The number of allylic oxidation sites excluding steroid dienone is 10. The Morgan fingerprint density at radius 1 is 0.596 bits per heavy atom. The first-order valence-electron chi connectivity index (χ1n) is 20.3. The van der Waals surface area contributed by atoms with Gasteiger partial charge in [0.25, 0.3) is 0 Å². The van der Waals surface area contributed by atoms with Gasteiger partial charge < -0.3 is 20.1 Å². The van der Waals surface area contributed by atoms with E-state index < -0.39 is 26.5 Å². The molecule has 0 aliphatic rings. The summed E-state index contributed by atoms with van der Waals surface area (Å²) in [6, 6.07) is 0. The summed E-state index contributed by atoms with van der Waals surface area (Å²) in [6.45, 7) is 3.41. The Kier molecular flexibility index (Phi) is 36.7. The number of hydrogen-bond donors (Lipinski definition) is 3. The first-order chi connectivity index (χ1) is 25.3. The number of amides is 1. The minimum absolute atomic E-state index is 0.0718. The average Bonchev–Trinajstić information content (AvgIpc) is 3.13. The van der Waals surface area contributed by atoms with Crippen LogP contribution in [-0.2, 0) is 27.9 Å². The first kappa shape index (κ1) is 49.7. The van der Waals surface area contributed by atoms with E-state index in [0.29, 0.717) is 12.8 Å². The molecule has 0 aromatic rings. The summed E-state index contributed by atoms with van der Waals surface area (Å²) in [5, 5.41) is 12.6. The molecule has 0 aliphatic carbocycles. The molecule has 2 unspecified atom stereocenters. The van der Waals surface area contributed by atoms with Crippen molar-refractivity contribution in [3.05, 3.63) is 60.8 Å². The maximum absolute atomic E-state index is 12.0. The Morgan fingerprint density at radius 2 is 1.08 bits per heavy atom. The summed E-state index contributed by atoms with van der Waals surface area (Å²) in [6.07, 6.45) is 44.4. The van der Waals surface area contributed by atoms with Gasteiger partial charge in [0, 0.05) is 19.4 Å². The topological polar surface area (TPSA) is 131 Å². The molecule has 1 amide bonds. The molecule has 0 aromatic carbocycles. The zero-order valence-corrected chi connectivity index (χ0v) is 33.6. The fourth-order valence-electron chi connectivity index (χ4n) is 5.07. The van der Waals surface area contributed by atoms with Crippen LogP contribution in [0.2, 0.25) is 0 Å². The van der Waals surface area contributed by atoms with E-state index in [9.17, 15) is 24.2 Å². The van der Waals surface area contributed by atoms with Crippen molar-refractivity contribution in [1.29, 1.82) is 0 Å². The number of carbonyl (C=O) groups is 2. The van der Waals surface area contributed by atoms with E-state index in [1.165, 1.54) is 38.5 Å². The molecule has 0 bridgehead atoms. The molecule has 0 fully saturated rings. The van der Waals surface area contributed by atoms with Gasteiger partial charge in [-0.1, -0.05) is 132 Å². The molecule has 0 radical (unpaired) electrons. The van der Waals surface area contributed by atoms with Gasteiger partial charge >= 0.3 is 13.8 Å². The van der Waals surface area contributed by atoms with E-state index in [0.717, 1.165) is 89.9 Å². The number of aliphatic hydroxyl groups is 1. The second-order valence-electron chi connectivity index (χ2n) is 13.2. The van der Waals surface area contributed by atoms with Crippen LogP contribution in [0.4, 0.5) is 0 Å². The lowest BCUT2D eigenvalue weighted by Gasteiger charge is -2.15. The second kappa shape index (κ2) is 38.4. The van der Waals surface area contributed by atoms with Crippen LogP contribution < -0.4 is 5.32 Å². The molecule has 0 aromatic heterocycles. The third-order valence-electron chi connectivity index (χ3n) is 8.15. The fourth-order valence-corrected chi connectivity index (χ4v) is 5.83. The minimum atomic E-state index is -4.42. The highest BCUT2D eigenvalue weighted by molar-refractivity contribution is 7.47. The minimum Gasteiger partial charge on any atom is -0.463 e. The van der Waals surface area contributed by atoms with E-state index in [2.05, 4.69) is 79.9 Å². The summed E-state index contributed by atoms with van der Waals surface area (Å²) in [5.41, 5.74) is 0. The highest BCUT2D eigenvalue weighted by Gasteiger charge is 2.23. The normalized spacial score (nSPS) is 14.0. The van der Waals surface area contributed by atoms with Crippen LogP contribution in [0.1, 0.15) is 162 Å². The molecule has 300 valence electrons. The monoisotopic (exact) mass is 752 g/mol. The number of rotatable bonds is 37. The highest BCUT2D eigenvalue weighted by atomic mass is 31.2. The van der Waals surface area contributed by atoms with Crippen LogP contribution in [0.25, 0.3) is 0 Å². The number of carbonyl (C=O) groups excluding carboxylic acids is 2. The Hall–Kier alpha value is -2.29. The lowest BCUT2D eigenvalue weighted by atomic mass is 10.1. The van der Waals surface area contributed by atoms with Crippen LogP contribution >= 0.6 is 7.82 Å². The molecule has 2 atom stereocenters. The number of aliphatic hydroxyl groups excluding tert-OH is 1. The van der Waals surface area contributed by atoms with E-state index in [1.807, 2.05) is 0 Å². The van der Waals surface area contributed by atoms with E-state index in [4.69, 9.17) is 13.8 Å². The van der Waals surface area contributed by atoms with Crippen molar-refractivity contribution >= 4 is 19.7 Å². The van der Waals surface area contributed by atoms with Crippen molar-refractivity contribution in [2.75, 3.05) is 26.4 Å². The maximum atomic E-state index is 12.0.